The Balaban J connectivity index is 1.10. The van der Waals surface area contributed by atoms with Crippen LogP contribution in [0.15, 0.2) is 24.3 Å². The molecule has 1 saturated carbocycles. The van der Waals surface area contributed by atoms with Crippen molar-refractivity contribution in [3.63, 3.8) is 0 Å². The molecule has 4 amide bonds. The summed E-state index contributed by atoms with van der Waals surface area (Å²) in [5.41, 5.74) is 0.393. The van der Waals surface area contributed by atoms with E-state index in [0.717, 1.165) is 57.1 Å². The molecule has 3 heterocycles. The van der Waals surface area contributed by atoms with E-state index in [1.807, 2.05) is 23.1 Å². The molecule has 1 aliphatic carbocycles. The molecule has 3 aliphatic rings. The molecule has 164 valence electrons. The average Bonchev–Trinajstić information content (AvgIpc) is 3.48. The fourth-order valence-corrected chi connectivity index (χ4v) is 6.32. The second-order valence-electron chi connectivity index (χ2n) is 8.95. The van der Waals surface area contributed by atoms with Crippen molar-refractivity contribution in [3.05, 3.63) is 29.3 Å². The highest BCUT2D eigenvalue weighted by Crippen LogP contribution is 2.36. The van der Waals surface area contributed by atoms with Gasteiger partial charge >= 0.3 is 6.03 Å². The van der Waals surface area contributed by atoms with Crippen LogP contribution in [0.25, 0.3) is 10.2 Å². The minimum atomic E-state index is -0.663. The van der Waals surface area contributed by atoms with Crippen LogP contribution >= 0.6 is 11.3 Å². The van der Waals surface area contributed by atoms with Crippen LogP contribution in [0.1, 0.15) is 62.3 Å². The van der Waals surface area contributed by atoms with Crippen molar-refractivity contribution in [2.75, 3.05) is 19.6 Å². The van der Waals surface area contributed by atoms with Crippen LogP contribution in [-0.4, -0.2) is 57.8 Å². The number of piperidine rings is 1. The van der Waals surface area contributed by atoms with Gasteiger partial charge in [0.25, 0.3) is 5.91 Å². The van der Waals surface area contributed by atoms with Gasteiger partial charge in [-0.05, 0) is 44.2 Å². The molecule has 0 unspecified atom stereocenters. The maximum atomic E-state index is 12.7. The van der Waals surface area contributed by atoms with E-state index in [2.05, 4.69) is 11.4 Å². The summed E-state index contributed by atoms with van der Waals surface area (Å²) in [6, 6.07) is 7.91. The molecule has 2 aliphatic heterocycles. The molecule has 0 radical (unpaired) electrons. The predicted octanol–water partition coefficient (Wildman–Crippen LogP) is 3.65. The number of fused-ring (bicyclic) bond motifs is 1. The lowest BCUT2D eigenvalue weighted by Gasteiger charge is -2.31. The lowest BCUT2D eigenvalue weighted by atomic mass is 9.97. The Bertz CT molecular complexity index is 972. The van der Waals surface area contributed by atoms with Gasteiger partial charge in [0, 0.05) is 32.0 Å². The molecule has 31 heavy (non-hydrogen) atoms. The van der Waals surface area contributed by atoms with Crippen LogP contribution in [-0.2, 0) is 9.59 Å². The third-order valence-electron chi connectivity index (χ3n) is 6.98. The number of nitrogens with zero attached hydrogens (tertiary/aromatic N) is 3. The zero-order valence-corrected chi connectivity index (χ0v) is 18.5. The Morgan fingerprint density at radius 2 is 1.90 bits per heavy atom. The highest BCUT2D eigenvalue weighted by molar-refractivity contribution is 7.18. The van der Waals surface area contributed by atoms with Crippen molar-refractivity contribution in [1.82, 2.24) is 20.1 Å². The normalized spacial score (nSPS) is 21.4. The number of imide groups is 1. The van der Waals surface area contributed by atoms with Gasteiger partial charge in [-0.3, -0.25) is 14.5 Å². The Kier molecular flexibility index (Phi) is 5.42. The summed E-state index contributed by atoms with van der Waals surface area (Å²) in [6.45, 7) is 1.80. The van der Waals surface area contributed by atoms with Crippen molar-refractivity contribution >= 4 is 39.4 Å². The van der Waals surface area contributed by atoms with Crippen LogP contribution in [0.5, 0.6) is 0 Å². The summed E-state index contributed by atoms with van der Waals surface area (Å²) in [6.07, 6.45) is 6.17. The SMILES string of the molecule is O=C(CCCN1C(=O)NC2(CCCC2)C1=O)N1CCC(c2nc3ccccc3s2)CC1. The monoisotopic (exact) mass is 440 g/mol. The van der Waals surface area contributed by atoms with Gasteiger partial charge in [-0.25, -0.2) is 9.78 Å². The number of thiazole rings is 1. The molecule has 3 fully saturated rings. The first kappa shape index (κ1) is 20.4. The number of amides is 4. The van der Waals surface area contributed by atoms with Gasteiger partial charge in [-0.1, -0.05) is 25.0 Å². The Hall–Kier alpha value is -2.48. The zero-order chi connectivity index (χ0) is 21.4. The van der Waals surface area contributed by atoms with Crippen LogP contribution in [0.2, 0.25) is 0 Å². The molecule has 5 rings (SSSR count). The lowest BCUT2D eigenvalue weighted by Crippen LogP contribution is -2.44. The fourth-order valence-electron chi connectivity index (χ4n) is 5.18. The Labute approximate surface area is 185 Å². The molecule has 1 aromatic heterocycles. The maximum Gasteiger partial charge on any atom is 0.325 e. The number of benzene rings is 1. The first-order valence-corrected chi connectivity index (χ1v) is 12.1. The molecule has 0 atom stereocenters. The van der Waals surface area contributed by atoms with E-state index in [-0.39, 0.29) is 17.8 Å². The quantitative estimate of drug-likeness (QED) is 0.720. The standard InChI is InChI=1S/C23H28N4O3S/c28-19(8-5-13-27-21(29)23(25-22(27)30)11-3-4-12-23)26-14-9-16(10-15-26)20-24-17-6-1-2-7-18(17)31-20/h1-2,6-7,16H,3-5,8-15H2,(H,25,30). The molecule has 1 aromatic carbocycles. The van der Waals surface area contributed by atoms with Crippen molar-refractivity contribution < 1.29 is 14.4 Å². The first-order chi connectivity index (χ1) is 15.1. The van der Waals surface area contributed by atoms with Crippen molar-refractivity contribution in [2.24, 2.45) is 0 Å². The van der Waals surface area contributed by atoms with E-state index in [0.29, 0.717) is 25.3 Å². The first-order valence-electron chi connectivity index (χ1n) is 11.3. The highest BCUT2D eigenvalue weighted by atomic mass is 32.1. The number of aromatic nitrogens is 1. The number of carbonyl (C=O) groups is 3. The fraction of sp³-hybridized carbons (Fsp3) is 0.565. The van der Waals surface area contributed by atoms with Gasteiger partial charge in [-0.15, -0.1) is 11.3 Å². The molecule has 1 N–H and O–H groups in total. The Morgan fingerprint density at radius 3 is 2.65 bits per heavy atom. The number of urea groups is 1. The molecule has 2 saturated heterocycles. The van der Waals surface area contributed by atoms with Gasteiger partial charge in [0.2, 0.25) is 5.91 Å². The number of hydrogen-bond acceptors (Lipinski definition) is 5. The largest absolute Gasteiger partial charge is 0.343 e. The second kappa shape index (κ2) is 8.22. The van der Waals surface area contributed by atoms with E-state index in [4.69, 9.17) is 4.98 Å². The lowest BCUT2D eigenvalue weighted by molar-refractivity contribution is -0.134. The van der Waals surface area contributed by atoms with Crippen molar-refractivity contribution in [1.29, 1.82) is 0 Å². The summed E-state index contributed by atoms with van der Waals surface area (Å²) in [4.78, 5) is 45.7. The van der Waals surface area contributed by atoms with Gasteiger partial charge in [0.15, 0.2) is 0 Å². The predicted molar refractivity (Wildman–Crippen MR) is 119 cm³/mol. The van der Waals surface area contributed by atoms with Gasteiger partial charge < -0.3 is 10.2 Å². The number of hydrogen-bond donors (Lipinski definition) is 1. The summed E-state index contributed by atoms with van der Waals surface area (Å²) in [7, 11) is 0. The number of para-hydroxylation sites is 1. The van der Waals surface area contributed by atoms with Crippen molar-refractivity contribution in [3.8, 4) is 0 Å². The number of carbonyl (C=O) groups excluding carboxylic acids is 3. The van der Waals surface area contributed by atoms with Crippen LogP contribution < -0.4 is 5.32 Å². The molecular weight excluding hydrogens is 412 g/mol. The molecule has 7 nitrogen and oxygen atoms in total. The van der Waals surface area contributed by atoms with Gasteiger partial charge in [0.1, 0.15) is 5.54 Å². The smallest absolute Gasteiger partial charge is 0.325 e. The summed E-state index contributed by atoms with van der Waals surface area (Å²) >= 11 is 1.76. The third kappa shape index (κ3) is 3.82. The summed E-state index contributed by atoms with van der Waals surface area (Å²) in [5.74, 6) is 0.430. The minimum Gasteiger partial charge on any atom is -0.343 e. The van der Waals surface area contributed by atoms with Crippen LogP contribution in [0, 0.1) is 0 Å². The molecular formula is C23H28N4O3S. The number of rotatable bonds is 5. The number of likely N-dealkylation sites (tertiary alicyclic amines) is 1. The maximum absolute atomic E-state index is 12.7. The summed E-state index contributed by atoms with van der Waals surface area (Å²) < 4.78 is 1.22. The van der Waals surface area contributed by atoms with E-state index in [1.54, 1.807) is 11.3 Å². The number of nitrogens with one attached hydrogen (secondary N) is 1. The highest BCUT2D eigenvalue weighted by Gasteiger charge is 2.52. The topological polar surface area (TPSA) is 82.6 Å². The van der Waals surface area contributed by atoms with E-state index >= 15 is 0 Å². The Morgan fingerprint density at radius 1 is 1.16 bits per heavy atom. The van der Waals surface area contributed by atoms with Gasteiger partial charge in [0.05, 0.1) is 15.2 Å². The van der Waals surface area contributed by atoms with Crippen molar-refractivity contribution in [2.45, 2.75) is 62.8 Å². The molecule has 2 aromatic rings. The van der Waals surface area contributed by atoms with E-state index < -0.39 is 5.54 Å². The molecule has 0 bridgehead atoms. The van der Waals surface area contributed by atoms with E-state index in [9.17, 15) is 14.4 Å². The van der Waals surface area contributed by atoms with E-state index in [1.165, 1.54) is 14.6 Å². The second-order valence-corrected chi connectivity index (χ2v) is 10.0. The van der Waals surface area contributed by atoms with Gasteiger partial charge in [-0.2, -0.15) is 0 Å². The van der Waals surface area contributed by atoms with Crippen LogP contribution in [0.4, 0.5) is 4.79 Å². The van der Waals surface area contributed by atoms with Crippen LogP contribution in [0.3, 0.4) is 0 Å². The summed E-state index contributed by atoms with van der Waals surface area (Å²) in [5, 5.41) is 4.07. The average molecular weight is 441 g/mol. The zero-order valence-electron chi connectivity index (χ0n) is 17.6. The molecule has 1 spiro atoms. The molecule has 8 heteroatoms. The minimum absolute atomic E-state index is 0.0981. The third-order valence-corrected chi connectivity index (χ3v) is 8.18.